The average Bonchev–Trinajstić information content (AvgIpc) is 2.28. The number of amides is 1. The Bertz CT molecular complexity index is 384. The first-order chi connectivity index (χ1) is 7.60. The number of benzene rings is 1. The molecule has 0 saturated carbocycles. The molecule has 0 aliphatic rings. The van der Waals surface area contributed by atoms with Crippen molar-refractivity contribution in [3.8, 4) is 5.75 Å². The van der Waals surface area contributed by atoms with Crippen LogP contribution in [0.25, 0.3) is 0 Å². The number of ether oxygens (including phenoxy) is 1. The minimum Gasteiger partial charge on any atom is -0.495 e. The maximum atomic E-state index is 11.6. The fourth-order valence-corrected chi connectivity index (χ4v) is 1.71. The maximum absolute atomic E-state index is 11.6. The Morgan fingerprint density at radius 1 is 1.56 bits per heavy atom. The minimum atomic E-state index is 0.0104. The Balaban J connectivity index is 2.88. The van der Waals surface area contributed by atoms with E-state index >= 15 is 0 Å². The van der Waals surface area contributed by atoms with Gasteiger partial charge < -0.3 is 9.64 Å². The van der Waals surface area contributed by atoms with Crippen molar-refractivity contribution >= 4 is 35.8 Å². The summed E-state index contributed by atoms with van der Waals surface area (Å²) in [5, 5.41) is 0.491. The Morgan fingerprint density at radius 3 is 2.75 bits per heavy atom. The first kappa shape index (κ1) is 13.2. The molecule has 0 heterocycles. The van der Waals surface area contributed by atoms with Crippen LogP contribution in [0.4, 0.5) is 5.69 Å². The number of nitrogens with zero attached hydrogens (tertiary/aromatic N) is 1. The molecule has 0 bridgehead atoms. The van der Waals surface area contributed by atoms with Crippen molar-refractivity contribution in [2.75, 3.05) is 24.8 Å². The zero-order valence-corrected chi connectivity index (χ0v) is 10.9. The van der Waals surface area contributed by atoms with Crippen LogP contribution in [0, 0.1) is 0 Å². The van der Waals surface area contributed by atoms with Crippen LogP contribution < -0.4 is 9.64 Å². The standard InChI is InChI=1S/C11H14ClNO2S/c1-13(11(14)5-6-16)8-3-4-10(15-2)9(12)7-8/h3-4,7,16H,5-6H2,1-2H3. The number of hydrogen-bond acceptors (Lipinski definition) is 3. The molecule has 0 radical (unpaired) electrons. The quantitative estimate of drug-likeness (QED) is 0.843. The zero-order valence-electron chi connectivity index (χ0n) is 9.24. The summed E-state index contributed by atoms with van der Waals surface area (Å²) in [6, 6.07) is 5.24. The van der Waals surface area contributed by atoms with E-state index in [0.29, 0.717) is 22.9 Å². The molecule has 0 aliphatic heterocycles. The molecule has 1 aromatic rings. The molecule has 3 nitrogen and oxygen atoms in total. The molecule has 5 heteroatoms. The van der Waals surface area contributed by atoms with Crippen molar-refractivity contribution in [3.63, 3.8) is 0 Å². The summed E-state index contributed by atoms with van der Waals surface area (Å²) in [5.41, 5.74) is 0.748. The van der Waals surface area contributed by atoms with Gasteiger partial charge in [-0.25, -0.2) is 0 Å². The second-order valence-electron chi connectivity index (χ2n) is 3.25. The van der Waals surface area contributed by atoms with Crippen molar-refractivity contribution < 1.29 is 9.53 Å². The summed E-state index contributed by atoms with van der Waals surface area (Å²) in [4.78, 5) is 13.2. The molecule has 0 aliphatic carbocycles. The van der Waals surface area contributed by atoms with E-state index < -0.39 is 0 Å². The van der Waals surface area contributed by atoms with E-state index in [4.69, 9.17) is 16.3 Å². The highest BCUT2D eigenvalue weighted by atomic mass is 35.5. The first-order valence-corrected chi connectivity index (χ1v) is 5.82. The van der Waals surface area contributed by atoms with Crippen molar-refractivity contribution in [2.45, 2.75) is 6.42 Å². The predicted octanol–water partition coefficient (Wildman–Crippen LogP) is 2.63. The van der Waals surface area contributed by atoms with E-state index in [-0.39, 0.29) is 5.91 Å². The van der Waals surface area contributed by atoms with Gasteiger partial charge in [-0.1, -0.05) is 11.6 Å². The predicted molar refractivity (Wildman–Crippen MR) is 69.9 cm³/mol. The zero-order chi connectivity index (χ0) is 12.1. The maximum Gasteiger partial charge on any atom is 0.227 e. The van der Waals surface area contributed by atoms with Crippen LogP contribution >= 0.6 is 24.2 Å². The molecule has 16 heavy (non-hydrogen) atoms. The van der Waals surface area contributed by atoms with Gasteiger partial charge in [-0.05, 0) is 24.0 Å². The number of hydrogen-bond donors (Lipinski definition) is 1. The number of carbonyl (C=O) groups is 1. The molecule has 0 atom stereocenters. The summed E-state index contributed by atoms with van der Waals surface area (Å²) in [5.74, 6) is 1.14. The number of thiol groups is 1. The number of carbonyl (C=O) groups excluding carboxylic acids is 1. The van der Waals surface area contributed by atoms with E-state index in [1.54, 1.807) is 37.3 Å². The summed E-state index contributed by atoms with van der Waals surface area (Å²) in [7, 11) is 3.26. The normalized spacial score (nSPS) is 10.0. The van der Waals surface area contributed by atoms with Gasteiger partial charge in [0, 0.05) is 19.2 Å². The van der Waals surface area contributed by atoms with Gasteiger partial charge >= 0.3 is 0 Å². The number of halogens is 1. The summed E-state index contributed by atoms with van der Waals surface area (Å²) in [6.07, 6.45) is 0.406. The molecular weight excluding hydrogens is 246 g/mol. The molecule has 0 N–H and O–H groups in total. The summed E-state index contributed by atoms with van der Waals surface area (Å²) >= 11 is 10.0. The summed E-state index contributed by atoms with van der Waals surface area (Å²) in [6.45, 7) is 0. The minimum absolute atomic E-state index is 0.0104. The lowest BCUT2D eigenvalue weighted by Gasteiger charge is -2.17. The van der Waals surface area contributed by atoms with E-state index in [1.165, 1.54) is 0 Å². The monoisotopic (exact) mass is 259 g/mol. The second-order valence-corrected chi connectivity index (χ2v) is 4.10. The van der Waals surface area contributed by atoms with Crippen molar-refractivity contribution in [3.05, 3.63) is 23.2 Å². The van der Waals surface area contributed by atoms with Crippen molar-refractivity contribution in [1.82, 2.24) is 0 Å². The molecule has 0 saturated heterocycles. The van der Waals surface area contributed by atoms with Gasteiger partial charge in [0.2, 0.25) is 5.91 Å². The van der Waals surface area contributed by atoms with Gasteiger partial charge in [-0.15, -0.1) is 0 Å². The number of methoxy groups -OCH3 is 1. The molecule has 88 valence electrons. The highest BCUT2D eigenvalue weighted by molar-refractivity contribution is 7.80. The van der Waals surface area contributed by atoms with Crippen molar-refractivity contribution in [1.29, 1.82) is 0 Å². The van der Waals surface area contributed by atoms with Crippen LogP contribution in [0.3, 0.4) is 0 Å². The van der Waals surface area contributed by atoms with E-state index in [2.05, 4.69) is 12.6 Å². The van der Waals surface area contributed by atoms with Crippen LogP contribution in [-0.2, 0) is 4.79 Å². The fraction of sp³-hybridized carbons (Fsp3) is 0.364. The SMILES string of the molecule is COc1ccc(N(C)C(=O)CCS)cc1Cl. The molecule has 0 fully saturated rings. The number of rotatable bonds is 4. The van der Waals surface area contributed by atoms with Crippen LogP contribution in [0.2, 0.25) is 5.02 Å². The lowest BCUT2D eigenvalue weighted by Crippen LogP contribution is -2.26. The highest BCUT2D eigenvalue weighted by Crippen LogP contribution is 2.28. The number of anilines is 1. The van der Waals surface area contributed by atoms with Crippen molar-refractivity contribution in [2.24, 2.45) is 0 Å². The van der Waals surface area contributed by atoms with Crippen LogP contribution in [0.1, 0.15) is 6.42 Å². The third-order valence-corrected chi connectivity index (χ3v) is 2.74. The molecule has 1 aromatic carbocycles. The van der Waals surface area contributed by atoms with Gasteiger partial charge in [0.25, 0.3) is 0 Å². The lowest BCUT2D eigenvalue weighted by atomic mass is 10.2. The van der Waals surface area contributed by atoms with E-state index in [1.807, 2.05) is 0 Å². The Labute approximate surface area is 106 Å². The Morgan fingerprint density at radius 2 is 2.25 bits per heavy atom. The van der Waals surface area contributed by atoms with Gasteiger partial charge in [0.1, 0.15) is 5.75 Å². The molecule has 0 spiro atoms. The summed E-state index contributed by atoms with van der Waals surface area (Å²) < 4.78 is 5.04. The fourth-order valence-electron chi connectivity index (χ4n) is 1.27. The van der Waals surface area contributed by atoms with Crippen LogP contribution in [0.15, 0.2) is 18.2 Å². The van der Waals surface area contributed by atoms with E-state index in [0.717, 1.165) is 5.69 Å². The topological polar surface area (TPSA) is 29.5 Å². The van der Waals surface area contributed by atoms with Gasteiger partial charge in [-0.2, -0.15) is 12.6 Å². The van der Waals surface area contributed by atoms with Crippen LogP contribution in [-0.4, -0.2) is 25.8 Å². The third kappa shape index (κ3) is 3.06. The Hall–Kier alpha value is -0.870. The molecule has 0 unspecified atom stereocenters. The smallest absolute Gasteiger partial charge is 0.227 e. The molecule has 1 amide bonds. The van der Waals surface area contributed by atoms with Gasteiger partial charge in [-0.3, -0.25) is 4.79 Å². The Kier molecular flexibility index (Phi) is 4.96. The first-order valence-electron chi connectivity index (χ1n) is 4.81. The molecule has 1 rings (SSSR count). The van der Waals surface area contributed by atoms with Gasteiger partial charge in [0.15, 0.2) is 0 Å². The van der Waals surface area contributed by atoms with Crippen LogP contribution in [0.5, 0.6) is 5.75 Å². The largest absolute Gasteiger partial charge is 0.495 e. The highest BCUT2D eigenvalue weighted by Gasteiger charge is 2.11. The second kappa shape index (κ2) is 6.01. The lowest BCUT2D eigenvalue weighted by molar-refractivity contribution is -0.117. The van der Waals surface area contributed by atoms with Gasteiger partial charge in [0.05, 0.1) is 12.1 Å². The van der Waals surface area contributed by atoms with E-state index in [9.17, 15) is 4.79 Å². The third-order valence-electron chi connectivity index (χ3n) is 2.22. The molecule has 0 aromatic heterocycles. The average molecular weight is 260 g/mol. The molecular formula is C11H14ClNO2S.